The molecule has 0 bridgehead atoms. The number of rotatable bonds is 10. The summed E-state index contributed by atoms with van der Waals surface area (Å²) >= 11 is 3.51. The zero-order chi connectivity index (χ0) is 18.3. The van der Waals surface area contributed by atoms with Crippen LogP contribution >= 0.6 is 15.9 Å². The first-order valence-corrected chi connectivity index (χ1v) is 13.0. The van der Waals surface area contributed by atoms with Crippen molar-refractivity contribution in [2.75, 3.05) is 19.8 Å². The maximum Gasteiger partial charge on any atom is 0.119 e. The van der Waals surface area contributed by atoms with Gasteiger partial charge in [-0.3, -0.25) is 0 Å². The molecule has 2 nitrogen and oxygen atoms in total. The van der Waals surface area contributed by atoms with E-state index < -0.39 is 8.80 Å². The minimum Gasteiger partial charge on any atom is -0.494 e. The van der Waals surface area contributed by atoms with Crippen molar-refractivity contribution in [3.05, 3.63) is 40.9 Å². The molecule has 0 saturated heterocycles. The lowest BCUT2D eigenvalue weighted by Crippen LogP contribution is -2.26. The summed E-state index contributed by atoms with van der Waals surface area (Å²) in [6.07, 6.45) is 3.34. The Morgan fingerprint density at radius 2 is 1.60 bits per heavy atom. The lowest BCUT2D eigenvalue weighted by atomic mass is 10.1. The standard InChI is InChI=1S/C21H31BrO2Si/c1-21(2,25(3)4)16-23-12-6-5-7-13-24-20-11-9-17-14-19(22)10-8-18(17)15-20/h8-11,14-15,25H,5-7,12-13,16H2,1-4H3. The van der Waals surface area contributed by atoms with Crippen molar-refractivity contribution >= 4 is 35.5 Å². The molecule has 0 fully saturated rings. The van der Waals surface area contributed by atoms with Gasteiger partial charge in [0, 0.05) is 26.5 Å². The maximum atomic E-state index is 5.89. The van der Waals surface area contributed by atoms with Crippen LogP contribution < -0.4 is 4.74 Å². The first-order chi connectivity index (χ1) is 11.9. The molecule has 0 radical (unpaired) electrons. The van der Waals surface area contributed by atoms with Crippen LogP contribution in [-0.2, 0) is 4.74 Å². The summed E-state index contributed by atoms with van der Waals surface area (Å²) in [6, 6.07) is 12.6. The van der Waals surface area contributed by atoms with E-state index in [0.29, 0.717) is 5.04 Å². The number of hydrogen-bond donors (Lipinski definition) is 0. The Hall–Kier alpha value is -0.843. The highest BCUT2D eigenvalue weighted by Gasteiger charge is 2.23. The number of fused-ring (bicyclic) bond motifs is 1. The molecule has 138 valence electrons. The van der Waals surface area contributed by atoms with Gasteiger partial charge in [0.05, 0.1) is 6.61 Å². The van der Waals surface area contributed by atoms with Crippen molar-refractivity contribution in [1.82, 2.24) is 0 Å². The summed E-state index contributed by atoms with van der Waals surface area (Å²) in [5.41, 5.74) is 0. The Kier molecular flexibility index (Phi) is 7.98. The van der Waals surface area contributed by atoms with E-state index in [2.05, 4.69) is 79.3 Å². The Labute approximate surface area is 162 Å². The van der Waals surface area contributed by atoms with E-state index in [9.17, 15) is 0 Å². The minimum absolute atomic E-state index is 0.398. The molecule has 0 aliphatic carbocycles. The van der Waals surface area contributed by atoms with Gasteiger partial charge in [-0.25, -0.2) is 0 Å². The zero-order valence-corrected chi connectivity index (χ0v) is 18.7. The summed E-state index contributed by atoms with van der Waals surface area (Å²) in [6.45, 7) is 12.0. The van der Waals surface area contributed by atoms with Crippen LogP contribution in [0, 0.1) is 0 Å². The molecule has 0 heterocycles. The maximum absolute atomic E-state index is 5.89. The van der Waals surface area contributed by atoms with Crippen molar-refractivity contribution in [1.29, 1.82) is 0 Å². The largest absolute Gasteiger partial charge is 0.494 e. The highest BCUT2D eigenvalue weighted by Crippen LogP contribution is 2.28. The highest BCUT2D eigenvalue weighted by atomic mass is 79.9. The summed E-state index contributed by atoms with van der Waals surface area (Å²) < 4.78 is 12.9. The molecule has 0 amide bonds. The molecular formula is C21H31BrO2Si. The lowest BCUT2D eigenvalue weighted by molar-refractivity contribution is 0.109. The van der Waals surface area contributed by atoms with Gasteiger partial charge in [0.1, 0.15) is 5.75 Å². The van der Waals surface area contributed by atoms with Crippen molar-refractivity contribution in [3.8, 4) is 5.75 Å². The Bertz CT molecular complexity index is 670. The number of benzene rings is 2. The van der Waals surface area contributed by atoms with Gasteiger partial charge in [-0.2, -0.15) is 0 Å². The number of ether oxygens (including phenoxy) is 2. The molecule has 25 heavy (non-hydrogen) atoms. The molecule has 0 aliphatic rings. The van der Waals surface area contributed by atoms with Gasteiger partial charge in [0.15, 0.2) is 0 Å². The molecule has 0 aromatic heterocycles. The molecule has 0 saturated carbocycles. The van der Waals surface area contributed by atoms with Crippen LogP contribution in [0.5, 0.6) is 5.75 Å². The summed E-state index contributed by atoms with van der Waals surface area (Å²) in [5.74, 6) is 0.953. The normalized spacial score (nSPS) is 12.1. The van der Waals surface area contributed by atoms with Gasteiger partial charge in [0.25, 0.3) is 0 Å². The Morgan fingerprint density at radius 3 is 2.36 bits per heavy atom. The fourth-order valence-corrected chi connectivity index (χ4v) is 3.29. The topological polar surface area (TPSA) is 18.5 Å². The van der Waals surface area contributed by atoms with Crippen LogP contribution in [0.3, 0.4) is 0 Å². The predicted molar refractivity (Wildman–Crippen MR) is 115 cm³/mol. The van der Waals surface area contributed by atoms with Crippen molar-refractivity contribution in [3.63, 3.8) is 0 Å². The second-order valence-corrected chi connectivity index (χ2v) is 12.5. The molecule has 0 spiro atoms. The minimum atomic E-state index is -0.653. The third-order valence-electron chi connectivity index (χ3n) is 5.01. The number of halogens is 1. The number of hydrogen-bond acceptors (Lipinski definition) is 2. The second kappa shape index (κ2) is 9.74. The van der Waals surface area contributed by atoms with Gasteiger partial charge in [-0.05, 0) is 59.3 Å². The first-order valence-electron chi connectivity index (χ1n) is 9.28. The van der Waals surface area contributed by atoms with Gasteiger partial charge in [0.2, 0.25) is 0 Å². The summed E-state index contributed by atoms with van der Waals surface area (Å²) in [7, 11) is -0.653. The van der Waals surface area contributed by atoms with E-state index in [-0.39, 0.29) is 0 Å². The average Bonchev–Trinajstić information content (AvgIpc) is 2.57. The van der Waals surface area contributed by atoms with Crippen LogP contribution in [0.1, 0.15) is 33.1 Å². The molecule has 0 atom stereocenters. The van der Waals surface area contributed by atoms with E-state index in [1.165, 1.54) is 10.8 Å². The van der Waals surface area contributed by atoms with E-state index in [1.807, 2.05) is 0 Å². The quantitative estimate of drug-likeness (QED) is 0.324. The molecule has 2 aromatic rings. The molecule has 2 aromatic carbocycles. The Morgan fingerprint density at radius 1 is 0.920 bits per heavy atom. The van der Waals surface area contributed by atoms with Crippen LogP contribution in [0.25, 0.3) is 10.8 Å². The first kappa shape index (κ1) is 20.5. The average molecular weight is 423 g/mol. The third-order valence-corrected chi connectivity index (χ3v) is 8.80. The smallest absolute Gasteiger partial charge is 0.119 e. The molecule has 0 unspecified atom stereocenters. The summed E-state index contributed by atoms with van der Waals surface area (Å²) in [5, 5.41) is 2.84. The van der Waals surface area contributed by atoms with Crippen LogP contribution in [0.2, 0.25) is 18.1 Å². The van der Waals surface area contributed by atoms with Crippen LogP contribution in [-0.4, -0.2) is 28.6 Å². The van der Waals surface area contributed by atoms with Gasteiger partial charge >= 0.3 is 0 Å². The Balaban J connectivity index is 1.61. The summed E-state index contributed by atoms with van der Waals surface area (Å²) in [4.78, 5) is 0. The third kappa shape index (κ3) is 6.76. The fourth-order valence-electron chi connectivity index (χ4n) is 2.46. The van der Waals surface area contributed by atoms with E-state index in [4.69, 9.17) is 9.47 Å². The van der Waals surface area contributed by atoms with Gasteiger partial charge < -0.3 is 9.47 Å². The molecule has 0 N–H and O–H groups in total. The van der Waals surface area contributed by atoms with E-state index >= 15 is 0 Å². The fraction of sp³-hybridized carbons (Fsp3) is 0.524. The molecular weight excluding hydrogens is 392 g/mol. The monoisotopic (exact) mass is 422 g/mol. The second-order valence-electron chi connectivity index (χ2n) is 7.76. The van der Waals surface area contributed by atoms with Crippen molar-refractivity contribution < 1.29 is 9.47 Å². The van der Waals surface area contributed by atoms with Crippen molar-refractivity contribution in [2.24, 2.45) is 0 Å². The van der Waals surface area contributed by atoms with E-state index in [1.54, 1.807) is 0 Å². The molecule has 0 aliphatic heterocycles. The van der Waals surface area contributed by atoms with Crippen molar-refractivity contribution in [2.45, 2.75) is 51.2 Å². The van der Waals surface area contributed by atoms with Crippen LogP contribution in [0.4, 0.5) is 0 Å². The van der Waals surface area contributed by atoms with E-state index in [0.717, 1.165) is 49.3 Å². The van der Waals surface area contributed by atoms with Crippen LogP contribution in [0.15, 0.2) is 40.9 Å². The molecule has 4 heteroatoms. The molecule has 2 rings (SSSR count). The predicted octanol–water partition coefficient (Wildman–Crippen LogP) is 6.43. The van der Waals surface area contributed by atoms with Gasteiger partial charge in [-0.15, -0.1) is 0 Å². The SMILES string of the molecule is C[SiH](C)C(C)(C)COCCCCCOc1ccc2cc(Br)ccc2c1. The van der Waals surface area contributed by atoms with Gasteiger partial charge in [-0.1, -0.05) is 55.0 Å². The number of unbranched alkanes of at least 4 members (excludes halogenated alkanes) is 2. The zero-order valence-electron chi connectivity index (χ0n) is 16.0. The lowest BCUT2D eigenvalue weighted by Gasteiger charge is -2.27. The highest BCUT2D eigenvalue weighted by molar-refractivity contribution is 9.10.